The zero-order chi connectivity index (χ0) is 19.8. The first kappa shape index (κ1) is 20.3. The molecule has 0 aliphatic carbocycles. The summed E-state index contributed by atoms with van der Waals surface area (Å²) in [5.74, 6) is -1.43. The van der Waals surface area contributed by atoms with E-state index in [-0.39, 0.29) is 17.5 Å². The van der Waals surface area contributed by atoms with Crippen LogP contribution in [-0.2, 0) is 4.74 Å². The third kappa shape index (κ3) is 4.04. The van der Waals surface area contributed by atoms with Crippen molar-refractivity contribution in [1.29, 1.82) is 0 Å². The fourth-order valence-electron chi connectivity index (χ4n) is 3.01. The number of aliphatic hydroxyl groups is 2. The molecule has 1 fully saturated rings. The Bertz CT molecular complexity index is 853. The lowest BCUT2D eigenvalue weighted by atomic mass is 9.82. The molecule has 3 rings (SSSR count). The van der Waals surface area contributed by atoms with Gasteiger partial charge in [-0.1, -0.05) is 34.8 Å². The second kappa shape index (κ2) is 7.87. The molecule has 1 aliphatic rings. The Morgan fingerprint density at radius 2 is 1.48 bits per heavy atom. The van der Waals surface area contributed by atoms with E-state index < -0.39 is 34.9 Å². The van der Waals surface area contributed by atoms with Gasteiger partial charge in [0.15, 0.2) is 17.2 Å². The van der Waals surface area contributed by atoms with Gasteiger partial charge in [0.1, 0.15) is 17.8 Å². The minimum Gasteiger partial charge on any atom is -0.382 e. The van der Waals surface area contributed by atoms with Crippen molar-refractivity contribution in [3.8, 4) is 0 Å². The molecule has 0 spiro atoms. The lowest BCUT2D eigenvalue weighted by molar-refractivity contribution is -0.0716. The number of ether oxygens (including phenoxy) is 1. The van der Waals surface area contributed by atoms with Crippen LogP contribution >= 0.6 is 34.8 Å². The van der Waals surface area contributed by atoms with Gasteiger partial charge in [0, 0.05) is 27.6 Å². The van der Waals surface area contributed by atoms with Crippen LogP contribution in [0.5, 0.6) is 0 Å². The van der Waals surface area contributed by atoms with Gasteiger partial charge in [-0.2, -0.15) is 0 Å². The van der Waals surface area contributed by atoms with Gasteiger partial charge in [0.2, 0.25) is 0 Å². The Morgan fingerprint density at radius 1 is 1.00 bits per heavy atom. The molecule has 1 heterocycles. The molecule has 2 aromatic carbocycles. The summed E-state index contributed by atoms with van der Waals surface area (Å²) in [4.78, 5) is 25.5. The first-order valence-electron chi connectivity index (χ1n) is 8.02. The Labute approximate surface area is 170 Å². The van der Waals surface area contributed by atoms with E-state index in [0.29, 0.717) is 10.0 Å². The molecule has 1 aliphatic heterocycles. The van der Waals surface area contributed by atoms with E-state index in [4.69, 9.17) is 39.5 Å². The highest BCUT2D eigenvalue weighted by atomic mass is 35.5. The number of benzene rings is 2. The lowest BCUT2D eigenvalue weighted by Crippen LogP contribution is -2.53. The molecule has 2 aromatic rings. The van der Waals surface area contributed by atoms with Crippen LogP contribution in [0.1, 0.15) is 27.1 Å². The quantitative estimate of drug-likeness (QED) is 0.561. The van der Waals surface area contributed by atoms with Crippen molar-refractivity contribution in [2.24, 2.45) is 0 Å². The topological polar surface area (TPSA) is 83.8 Å². The van der Waals surface area contributed by atoms with Crippen molar-refractivity contribution in [2.45, 2.75) is 29.8 Å². The maximum atomic E-state index is 12.9. The van der Waals surface area contributed by atoms with Crippen LogP contribution in [0.3, 0.4) is 0 Å². The van der Waals surface area contributed by atoms with Crippen molar-refractivity contribution in [3.05, 3.63) is 69.7 Å². The fraction of sp³-hybridized carbons (Fsp3) is 0.263. The zero-order valence-corrected chi connectivity index (χ0v) is 16.1. The van der Waals surface area contributed by atoms with Crippen LogP contribution in [0.25, 0.3) is 0 Å². The molecule has 142 valence electrons. The zero-order valence-electron chi connectivity index (χ0n) is 13.8. The van der Waals surface area contributed by atoms with Crippen LogP contribution in [0.4, 0.5) is 0 Å². The summed E-state index contributed by atoms with van der Waals surface area (Å²) in [5, 5.41) is 22.4. The third-order valence-electron chi connectivity index (χ3n) is 4.42. The summed E-state index contributed by atoms with van der Waals surface area (Å²) in [6.07, 6.45) is -3.59. The lowest BCUT2D eigenvalue weighted by Gasteiger charge is -2.29. The summed E-state index contributed by atoms with van der Waals surface area (Å²) < 4.78 is 5.34. The van der Waals surface area contributed by atoms with Gasteiger partial charge in [-0.15, -0.1) is 0 Å². The highest BCUT2D eigenvalue weighted by Crippen LogP contribution is 2.38. The molecule has 8 heteroatoms. The summed E-state index contributed by atoms with van der Waals surface area (Å²) in [5.41, 5.74) is -2.88. The van der Waals surface area contributed by atoms with Crippen LogP contribution in [0.2, 0.25) is 10.0 Å². The fourth-order valence-corrected chi connectivity index (χ4v) is 3.61. The molecular formula is C19H15Cl3O5. The highest BCUT2D eigenvalue weighted by molar-refractivity contribution is 6.31. The summed E-state index contributed by atoms with van der Waals surface area (Å²) >= 11 is 17.6. The Kier molecular flexibility index (Phi) is 5.91. The van der Waals surface area contributed by atoms with E-state index in [1.54, 1.807) is 0 Å². The van der Waals surface area contributed by atoms with Gasteiger partial charge in [0.25, 0.3) is 0 Å². The van der Waals surface area contributed by atoms with E-state index in [0.717, 1.165) is 0 Å². The number of aliphatic hydroxyl groups excluding tert-OH is 1. The number of halogens is 3. The van der Waals surface area contributed by atoms with Gasteiger partial charge in [-0.3, -0.25) is 9.59 Å². The van der Waals surface area contributed by atoms with E-state index in [1.165, 1.54) is 48.5 Å². The van der Waals surface area contributed by atoms with Crippen molar-refractivity contribution in [3.63, 3.8) is 0 Å². The highest BCUT2D eigenvalue weighted by Gasteiger charge is 2.56. The molecule has 2 N–H and O–H groups in total. The van der Waals surface area contributed by atoms with E-state index in [1.807, 2.05) is 0 Å². The molecule has 0 aromatic heterocycles. The van der Waals surface area contributed by atoms with Crippen molar-refractivity contribution in [2.75, 3.05) is 0 Å². The number of rotatable bonds is 5. The smallest absolute Gasteiger partial charge is 0.197 e. The SMILES string of the molecule is O=C(c1ccc(Cl)cc1)C(O)[C@H]1OC(Cl)C[C@@]1(O)C(=O)c1ccc(Cl)cc1. The maximum absolute atomic E-state index is 12.9. The predicted molar refractivity (Wildman–Crippen MR) is 102 cm³/mol. The van der Waals surface area contributed by atoms with Gasteiger partial charge in [-0.05, 0) is 48.5 Å². The van der Waals surface area contributed by atoms with Gasteiger partial charge >= 0.3 is 0 Å². The molecular weight excluding hydrogens is 415 g/mol. The molecule has 1 saturated heterocycles. The second-order valence-electron chi connectivity index (χ2n) is 6.25. The Balaban J connectivity index is 1.90. The number of hydrogen-bond acceptors (Lipinski definition) is 5. The van der Waals surface area contributed by atoms with Gasteiger partial charge < -0.3 is 14.9 Å². The van der Waals surface area contributed by atoms with Crippen molar-refractivity contribution < 1.29 is 24.5 Å². The number of Topliss-reactive ketones (excluding diaryl/α,β-unsaturated/α-hetero) is 2. The van der Waals surface area contributed by atoms with Gasteiger partial charge in [0.05, 0.1) is 0 Å². The number of carbonyl (C=O) groups excluding carboxylic acids is 2. The number of alkyl halides is 1. The normalized spacial score (nSPS) is 26.0. The Hall–Kier alpha value is -1.47. The second-order valence-corrected chi connectivity index (χ2v) is 7.61. The van der Waals surface area contributed by atoms with E-state index in [2.05, 4.69) is 0 Å². The summed E-state index contributed by atoms with van der Waals surface area (Å²) in [6.45, 7) is 0. The average molecular weight is 430 g/mol. The standard InChI is InChI=1S/C19H15Cl3O5/c20-12-5-1-10(2-6-12)15(23)16(24)18-19(26,9-14(22)27-18)17(25)11-3-7-13(21)8-4-11/h1-8,14,16,18,24,26H,9H2/t14?,16?,18-,19-/m1/s1. The maximum Gasteiger partial charge on any atom is 0.197 e. The van der Waals surface area contributed by atoms with Crippen molar-refractivity contribution in [1.82, 2.24) is 0 Å². The largest absolute Gasteiger partial charge is 0.382 e. The molecule has 0 bridgehead atoms. The molecule has 0 amide bonds. The van der Waals surface area contributed by atoms with Gasteiger partial charge in [-0.25, -0.2) is 0 Å². The van der Waals surface area contributed by atoms with Crippen LogP contribution in [-0.4, -0.2) is 45.2 Å². The number of carbonyl (C=O) groups is 2. The third-order valence-corrected chi connectivity index (χ3v) is 5.18. The average Bonchev–Trinajstić information content (AvgIpc) is 2.96. The van der Waals surface area contributed by atoms with E-state index in [9.17, 15) is 19.8 Å². The minimum absolute atomic E-state index is 0.160. The molecule has 5 nitrogen and oxygen atoms in total. The first-order chi connectivity index (χ1) is 12.7. The Morgan fingerprint density at radius 3 is 2.00 bits per heavy atom. The van der Waals surface area contributed by atoms with Crippen LogP contribution in [0, 0.1) is 0 Å². The minimum atomic E-state index is -2.16. The molecule has 2 unspecified atom stereocenters. The predicted octanol–water partition coefficient (Wildman–Crippen LogP) is 3.50. The summed E-state index contributed by atoms with van der Waals surface area (Å²) in [7, 11) is 0. The molecule has 4 atom stereocenters. The first-order valence-corrected chi connectivity index (χ1v) is 9.22. The van der Waals surface area contributed by atoms with Crippen molar-refractivity contribution >= 4 is 46.4 Å². The van der Waals surface area contributed by atoms with Crippen LogP contribution in [0.15, 0.2) is 48.5 Å². The molecule has 0 radical (unpaired) electrons. The monoisotopic (exact) mass is 428 g/mol. The number of hydrogen-bond donors (Lipinski definition) is 2. The molecule has 0 saturated carbocycles. The number of ketones is 2. The summed E-state index contributed by atoms with van der Waals surface area (Å²) in [6, 6.07) is 11.7. The van der Waals surface area contributed by atoms with E-state index >= 15 is 0 Å². The van der Waals surface area contributed by atoms with Crippen LogP contribution < -0.4 is 0 Å². The molecule has 27 heavy (non-hydrogen) atoms.